The zero-order valence-corrected chi connectivity index (χ0v) is 15.7. The number of nitrogens with zero attached hydrogens (tertiary/aromatic N) is 4. The lowest BCUT2D eigenvalue weighted by Crippen LogP contribution is -2.55. The molecule has 1 fully saturated rings. The third-order valence-electron chi connectivity index (χ3n) is 4.32. The molecular formula is C16H27N5OSi. The molecule has 1 N–H and O–H groups in total. The van der Waals surface area contributed by atoms with E-state index in [0.717, 1.165) is 31.0 Å². The summed E-state index contributed by atoms with van der Waals surface area (Å²) >= 11 is 0. The normalized spacial score (nSPS) is 19.4. The molecular weight excluding hydrogens is 306 g/mol. The molecule has 1 aliphatic heterocycles. The molecule has 0 radical (unpaired) electrons. The van der Waals surface area contributed by atoms with E-state index in [2.05, 4.69) is 44.1 Å². The van der Waals surface area contributed by atoms with E-state index >= 15 is 0 Å². The molecule has 1 aliphatic rings. The van der Waals surface area contributed by atoms with Crippen molar-refractivity contribution in [2.75, 3.05) is 6.54 Å². The molecule has 0 saturated carbocycles. The van der Waals surface area contributed by atoms with Crippen LogP contribution >= 0.6 is 0 Å². The maximum Gasteiger partial charge on any atom is 0.189 e. The monoisotopic (exact) mass is 333 g/mol. The van der Waals surface area contributed by atoms with Gasteiger partial charge in [0.1, 0.15) is 11.6 Å². The lowest BCUT2D eigenvalue weighted by atomic mass is 9.90. The lowest BCUT2D eigenvalue weighted by molar-refractivity contribution is 0.0410. The van der Waals surface area contributed by atoms with Crippen molar-refractivity contribution in [1.82, 2.24) is 24.4 Å². The first-order valence-corrected chi connectivity index (χ1v) is 11.6. The molecule has 6 nitrogen and oxygen atoms in total. The van der Waals surface area contributed by atoms with Crippen molar-refractivity contribution >= 4 is 8.32 Å². The summed E-state index contributed by atoms with van der Waals surface area (Å²) in [5.41, 5.74) is -0.655. The molecule has 3 heterocycles. The lowest BCUT2D eigenvalue weighted by Gasteiger charge is -2.42. The Morgan fingerprint density at radius 2 is 1.70 bits per heavy atom. The van der Waals surface area contributed by atoms with E-state index in [1.807, 2.05) is 38.9 Å². The molecule has 0 aromatic carbocycles. The van der Waals surface area contributed by atoms with E-state index in [9.17, 15) is 0 Å². The van der Waals surface area contributed by atoms with Crippen LogP contribution in [0.2, 0.25) is 19.6 Å². The number of aromatic nitrogens is 4. The number of nitrogens with one attached hydrogen (secondary N) is 1. The molecule has 0 bridgehead atoms. The fourth-order valence-corrected chi connectivity index (χ4v) is 4.83. The topological polar surface area (TPSA) is 56.9 Å². The van der Waals surface area contributed by atoms with Gasteiger partial charge in [-0.25, -0.2) is 9.97 Å². The Balaban J connectivity index is 2.24. The van der Waals surface area contributed by atoms with E-state index in [-0.39, 0.29) is 6.04 Å². The molecule has 23 heavy (non-hydrogen) atoms. The first-order valence-electron chi connectivity index (χ1n) is 8.24. The van der Waals surface area contributed by atoms with Gasteiger partial charge in [-0.05, 0) is 39.0 Å². The van der Waals surface area contributed by atoms with Gasteiger partial charge in [0, 0.05) is 44.9 Å². The summed E-state index contributed by atoms with van der Waals surface area (Å²) in [5.74, 6) is 1.85. The highest BCUT2D eigenvalue weighted by atomic mass is 28.4. The molecule has 1 saturated heterocycles. The predicted octanol–water partition coefficient (Wildman–Crippen LogP) is 2.00. The van der Waals surface area contributed by atoms with Crippen molar-refractivity contribution in [1.29, 1.82) is 0 Å². The zero-order chi connectivity index (χ0) is 16.7. The molecule has 2 aromatic rings. The maximum absolute atomic E-state index is 6.87. The van der Waals surface area contributed by atoms with Gasteiger partial charge in [0.15, 0.2) is 13.9 Å². The fourth-order valence-electron chi connectivity index (χ4n) is 3.54. The van der Waals surface area contributed by atoms with Crippen LogP contribution < -0.4 is 5.32 Å². The van der Waals surface area contributed by atoms with Gasteiger partial charge in [-0.15, -0.1) is 0 Å². The second-order valence-electron chi connectivity index (χ2n) is 7.32. The molecule has 126 valence electrons. The van der Waals surface area contributed by atoms with Crippen molar-refractivity contribution in [3.05, 3.63) is 36.4 Å². The highest BCUT2D eigenvalue weighted by Gasteiger charge is 2.52. The van der Waals surface area contributed by atoms with Crippen LogP contribution in [0.25, 0.3) is 0 Å². The smallest absolute Gasteiger partial charge is 0.189 e. The summed E-state index contributed by atoms with van der Waals surface area (Å²) in [7, 11) is 2.20. The zero-order valence-electron chi connectivity index (χ0n) is 14.7. The summed E-state index contributed by atoms with van der Waals surface area (Å²) in [5, 5.41) is 3.64. The van der Waals surface area contributed by atoms with Crippen molar-refractivity contribution in [2.24, 2.45) is 14.1 Å². The molecule has 0 aliphatic carbocycles. The van der Waals surface area contributed by atoms with Gasteiger partial charge in [-0.1, -0.05) is 0 Å². The number of rotatable bonds is 5. The molecule has 0 amide bonds. The van der Waals surface area contributed by atoms with Crippen LogP contribution in [0.15, 0.2) is 24.8 Å². The van der Waals surface area contributed by atoms with Gasteiger partial charge in [0.25, 0.3) is 0 Å². The van der Waals surface area contributed by atoms with Crippen molar-refractivity contribution in [3.8, 4) is 0 Å². The molecule has 2 aromatic heterocycles. The van der Waals surface area contributed by atoms with Crippen LogP contribution in [0.4, 0.5) is 0 Å². The first-order chi connectivity index (χ1) is 10.8. The number of aryl methyl sites for hydroxylation is 2. The summed E-state index contributed by atoms with van der Waals surface area (Å²) in [4.78, 5) is 9.36. The Morgan fingerprint density at radius 1 is 1.13 bits per heavy atom. The summed E-state index contributed by atoms with van der Waals surface area (Å²) in [6, 6.07) is 0.177. The van der Waals surface area contributed by atoms with Gasteiger partial charge in [0.05, 0.1) is 0 Å². The molecule has 1 atom stereocenters. The average molecular weight is 334 g/mol. The van der Waals surface area contributed by atoms with Gasteiger partial charge < -0.3 is 18.9 Å². The van der Waals surface area contributed by atoms with Gasteiger partial charge in [-0.2, -0.15) is 0 Å². The summed E-state index contributed by atoms with van der Waals surface area (Å²) in [6.07, 6.45) is 9.86. The molecule has 7 heteroatoms. The Labute approximate surface area is 139 Å². The Hall–Kier alpha value is -1.44. The van der Waals surface area contributed by atoms with Crippen molar-refractivity contribution in [2.45, 2.75) is 44.1 Å². The predicted molar refractivity (Wildman–Crippen MR) is 92.7 cm³/mol. The highest BCUT2D eigenvalue weighted by Crippen LogP contribution is 2.40. The second kappa shape index (κ2) is 5.88. The number of hydrogen-bond acceptors (Lipinski definition) is 4. The van der Waals surface area contributed by atoms with Crippen molar-refractivity contribution in [3.63, 3.8) is 0 Å². The SMILES string of the molecule is Cn1ccnc1C(O[Si](C)(C)C)(c1nccn1C)[C@@H]1CCCN1. The van der Waals surface area contributed by atoms with Crippen LogP contribution in [-0.4, -0.2) is 40.0 Å². The highest BCUT2D eigenvalue weighted by molar-refractivity contribution is 6.69. The quantitative estimate of drug-likeness (QED) is 0.850. The van der Waals surface area contributed by atoms with Crippen molar-refractivity contribution < 1.29 is 4.43 Å². The third kappa shape index (κ3) is 2.88. The Morgan fingerprint density at radius 3 is 2.04 bits per heavy atom. The van der Waals surface area contributed by atoms with E-state index in [0.29, 0.717) is 0 Å². The first kappa shape index (κ1) is 16.4. The Kier molecular flexibility index (Phi) is 4.20. The number of hydrogen-bond donors (Lipinski definition) is 1. The van der Waals surface area contributed by atoms with Crippen LogP contribution in [0, 0.1) is 0 Å². The minimum atomic E-state index is -1.86. The minimum absolute atomic E-state index is 0.177. The minimum Gasteiger partial charge on any atom is -0.398 e. The van der Waals surface area contributed by atoms with E-state index in [1.54, 1.807) is 0 Å². The third-order valence-corrected chi connectivity index (χ3v) is 5.26. The summed E-state index contributed by atoms with van der Waals surface area (Å²) in [6.45, 7) is 7.68. The van der Waals surface area contributed by atoms with Gasteiger partial charge in [-0.3, -0.25) is 0 Å². The summed E-state index contributed by atoms with van der Waals surface area (Å²) < 4.78 is 11.0. The standard InChI is InChI=1S/C16H27N5OSi/c1-20-11-9-18-14(20)16(22-23(3,4)5,13-7-6-8-17-13)15-19-10-12-21(15)2/h9-13,17H,6-8H2,1-5H3/t13-/m0/s1. The molecule has 0 spiro atoms. The number of imidazole rings is 2. The van der Waals surface area contributed by atoms with E-state index < -0.39 is 13.9 Å². The van der Waals surface area contributed by atoms with Gasteiger partial charge in [0.2, 0.25) is 0 Å². The molecule has 3 rings (SSSR count). The maximum atomic E-state index is 6.87. The van der Waals surface area contributed by atoms with Crippen LogP contribution in [0.3, 0.4) is 0 Å². The molecule has 0 unspecified atom stereocenters. The average Bonchev–Trinajstić information content (AvgIpc) is 3.16. The largest absolute Gasteiger partial charge is 0.398 e. The van der Waals surface area contributed by atoms with Crippen LogP contribution in [0.5, 0.6) is 0 Å². The van der Waals surface area contributed by atoms with Gasteiger partial charge >= 0.3 is 0 Å². The second-order valence-corrected chi connectivity index (χ2v) is 11.8. The van der Waals surface area contributed by atoms with Crippen LogP contribution in [0.1, 0.15) is 24.5 Å². The van der Waals surface area contributed by atoms with E-state index in [1.165, 1.54) is 0 Å². The Bertz CT molecular complexity index is 626. The van der Waals surface area contributed by atoms with Crippen LogP contribution in [-0.2, 0) is 24.1 Å². The van der Waals surface area contributed by atoms with E-state index in [4.69, 9.17) is 4.43 Å². The fraction of sp³-hybridized carbons (Fsp3) is 0.625.